The van der Waals surface area contributed by atoms with E-state index >= 15 is 0 Å². The predicted molar refractivity (Wildman–Crippen MR) is 179 cm³/mol. The number of benzene rings is 3. The first kappa shape index (κ1) is 32.4. The summed E-state index contributed by atoms with van der Waals surface area (Å²) in [5.74, 6) is -2.02. The lowest BCUT2D eigenvalue weighted by Crippen LogP contribution is -2.48. The Bertz CT molecular complexity index is 1750. The minimum Gasteiger partial charge on any atom is -0.482 e. The van der Waals surface area contributed by atoms with E-state index in [2.05, 4.69) is 10.6 Å². The molecule has 11 nitrogen and oxygen atoms in total. The molecule has 6 atom stereocenters. The fourth-order valence-corrected chi connectivity index (χ4v) is 7.40. The molecule has 2 unspecified atom stereocenters. The molecular formula is C38H40N4O7. The summed E-state index contributed by atoms with van der Waals surface area (Å²) in [5.41, 5.74) is 2.43. The number of likely N-dealkylation sites (tertiary alicyclic amines) is 2. The Balaban J connectivity index is 1.07. The Hall–Kier alpha value is -5.19. The molecule has 4 fully saturated rings. The van der Waals surface area contributed by atoms with Crippen LogP contribution < -0.4 is 15.4 Å². The minimum absolute atomic E-state index is 0.00537. The zero-order chi connectivity index (χ0) is 34.1. The molecule has 4 amide bonds. The second kappa shape index (κ2) is 13.7. The minimum atomic E-state index is -1.19. The molecule has 4 aliphatic rings. The second-order valence-electron chi connectivity index (χ2n) is 13.4. The van der Waals surface area contributed by atoms with Gasteiger partial charge in [-0.25, -0.2) is 4.79 Å². The third-order valence-corrected chi connectivity index (χ3v) is 10.1. The number of amides is 4. The highest BCUT2D eigenvalue weighted by atomic mass is 16.5. The Morgan fingerprint density at radius 1 is 0.673 bits per heavy atom. The van der Waals surface area contributed by atoms with Gasteiger partial charge in [0.1, 0.15) is 17.8 Å². The molecule has 3 N–H and O–H groups in total. The first-order chi connectivity index (χ1) is 23.8. The predicted octanol–water partition coefficient (Wildman–Crippen LogP) is 3.70. The van der Waals surface area contributed by atoms with Crippen molar-refractivity contribution in [3.05, 3.63) is 101 Å². The SMILES string of the molecule is O=C(O)COc1ccc(C(=O)N2CCCC2C(=O)N[C@H]2C[C@@H]2c2ccccc2)c(C(=O)N2CCCC2C(=O)N[C@H]2C[C@@H]2c2ccccc2)c1. The first-order valence-corrected chi connectivity index (χ1v) is 17.1. The van der Waals surface area contributed by atoms with Crippen molar-refractivity contribution in [2.24, 2.45) is 0 Å². The molecule has 3 aromatic carbocycles. The monoisotopic (exact) mass is 664 g/mol. The Morgan fingerprint density at radius 3 is 1.65 bits per heavy atom. The highest BCUT2D eigenvalue weighted by Crippen LogP contribution is 2.42. The zero-order valence-electron chi connectivity index (χ0n) is 27.1. The Kier molecular flexibility index (Phi) is 9.07. The molecule has 49 heavy (non-hydrogen) atoms. The van der Waals surface area contributed by atoms with Crippen molar-refractivity contribution in [2.45, 2.75) is 74.5 Å². The summed E-state index contributed by atoms with van der Waals surface area (Å²) >= 11 is 0. The topological polar surface area (TPSA) is 145 Å². The van der Waals surface area contributed by atoms with Crippen molar-refractivity contribution >= 4 is 29.6 Å². The van der Waals surface area contributed by atoms with Gasteiger partial charge in [0.05, 0.1) is 11.1 Å². The second-order valence-corrected chi connectivity index (χ2v) is 13.4. The summed E-state index contributed by atoms with van der Waals surface area (Å²) < 4.78 is 5.39. The molecule has 0 spiro atoms. The lowest BCUT2D eigenvalue weighted by atomic mass is 10.0. The molecule has 7 rings (SSSR count). The van der Waals surface area contributed by atoms with Crippen LogP contribution in [0.15, 0.2) is 78.9 Å². The van der Waals surface area contributed by atoms with Crippen molar-refractivity contribution in [3.63, 3.8) is 0 Å². The maximum absolute atomic E-state index is 14.2. The molecule has 3 aromatic rings. The van der Waals surface area contributed by atoms with Crippen LogP contribution in [-0.4, -0.2) is 88.4 Å². The fourth-order valence-electron chi connectivity index (χ4n) is 7.40. The van der Waals surface area contributed by atoms with Crippen molar-refractivity contribution in [1.29, 1.82) is 0 Å². The van der Waals surface area contributed by atoms with Crippen molar-refractivity contribution < 1.29 is 33.8 Å². The van der Waals surface area contributed by atoms with Crippen LogP contribution in [0.2, 0.25) is 0 Å². The maximum Gasteiger partial charge on any atom is 0.341 e. The summed E-state index contributed by atoms with van der Waals surface area (Å²) in [5, 5.41) is 15.4. The highest BCUT2D eigenvalue weighted by Gasteiger charge is 2.45. The number of aliphatic carboxylic acids is 1. The number of nitrogens with zero attached hydrogens (tertiary/aromatic N) is 2. The van der Waals surface area contributed by atoms with Gasteiger partial charge in [-0.3, -0.25) is 19.2 Å². The van der Waals surface area contributed by atoms with Crippen LogP contribution >= 0.6 is 0 Å². The molecule has 2 saturated heterocycles. The number of hydrogen-bond acceptors (Lipinski definition) is 6. The third kappa shape index (κ3) is 7.02. The van der Waals surface area contributed by atoms with Crippen LogP contribution in [0.25, 0.3) is 0 Å². The highest BCUT2D eigenvalue weighted by molar-refractivity contribution is 6.09. The van der Waals surface area contributed by atoms with Crippen LogP contribution in [0.4, 0.5) is 0 Å². The summed E-state index contributed by atoms with van der Waals surface area (Å²) in [7, 11) is 0. The number of hydrogen-bond donors (Lipinski definition) is 3. The van der Waals surface area contributed by atoms with E-state index in [0.717, 1.165) is 18.4 Å². The molecule has 0 bridgehead atoms. The number of ether oxygens (including phenoxy) is 1. The molecule has 2 aliphatic carbocycles. The standard InChI is InChI=1S/C38H40N4O7/c43-34(44)22-49-25-15-16-26(37(47)41-17-7-13-32(41)35(45)39-30-20-27(30)23-9-3-1-4-10-23)29(19-25)38(48)42-18-8-14-33(42)36(46)40-31-21-28(31)24-11-5-2-6-12-24/h1-6,9-12,15-16,19,27-28,30-33H,7-8,13-14,17-18,20-22H2,(H,39,45)(H,40,46)(H,43,44)/t27-,28-,30+,31+,32?,33?/m1/s1. The van der Waals surface area contributed by atoms with Crippen LogP contribution in [0, 0.1) is 0 Å². The molecule has 0 radical (unpaired) electrons. The molecule has 11 heteroatoms. The molecule has 254 valence electrons. The average Bonchev–Trinajstić information content (AvgIpc) is 3.92. The van der Waals surface area contributed by atoms with Gasteiger partial charge in [-0.2, -0.15) is 0 Å². The van der Waals surface area contributed by atoms with Crippen molar-refractivity contribution in [1.82, 2.24) is 20.4 Å². The number of nitrogens with one attached hydrogen (secondary N) is 2. The van der Waals surface area contributed by atoms with Crippen LogP contribution in [0.1, 0.15) is 82.2 Å². The van der Waals surface area contributed by atoms with Gasteiger partial charge in [-0.15, -0.1) is 0 Å². The normalized spacial score (nSPS) is 25.4. The Morgan fingerprint density at radius 2 is 1.16 bits per heavy atom. The van der Waals surface area contributed by atoms with Crippen molar-refractivity contribution in [3.8, 4) is 5.75 Å². The lowest BCUT2D eigenvalue weighted by molar-refractivity contribution is -0.139. The zero-order valence-corrected chi connectivity index (χ0v) is 27.1. The van der Waals surface area contributed by atoms with Gasteiger partial charge in [0.2, 0.25) is 11.8 Å². The summed E-state index contributed by atoms with van der Waals surface area (Å²) in [6, 6.07) is 22.9. The number of rotatable bonds is 11. The molecule has 2 saturated carbocycles. The van der Waals surface area contributed by atoms with E-state index in [4.69, 9.17) is 9.84 Å². The van der Waals surface area contributed by atoms with Crippen molar-refractivity contribution in [2.75, 3.05) is 19.7 Å². The first-order valence-electron chi connectivity index (χ1n) is 17.1. The quantitative estimate of drug-likeness (QED) is 0.284. The van der Waals surface area contributed by atoms with Gasteiger partial charge < -0.3 is 30.3 Å². The summed E-state index contributed by atoms with van der Waals surface area (Å²) in [6.07, 6.45) is 3.91. The van der Waals surface area contributed by atoms with Gasteiger partial charge in [0.15, 0.2) is 6.61 Å². The van der Waals surface area contributed by atoms with Gasteiger partial charge in [0.25, 0.3) is 11.8 Å². The van der Waals surface area contributed by atoms with E-state index in [1.54, 1.807) is 0 Å². The third-order valence-electron chi connectivity index (χ3n) is 10.1. The van der Waals surface area contributed by atoms with Gasteiger partial charge in [-0.1, -0.05) is 60.7 Å². The average molecular weight is 665 g/mol. The summed E-state index contributed by atoms with van der Waals surface area (Å²) in [6.45, 7) is 0.0583. The van der Waals surface area contributed by atoms with Crippen LogP contribution in [0.5, 0.6) is 5.75 Å². The number of carboxylic acids is 1. The summed E-state index contributed by atoms with van der Waals surface area (Å²) in [4.78, 5) is 69.6. The lowest BCUT2D eigenvalue weighted by Gasteiger charge is -2.28. The van der Waals surface area contributed by atoms with E-state index in [-0.39, 0.29) is 52.6 Å². The van der Waals surface area contributed by atoms with Gasteiger partial charge in [-0.05, 0) is 67.9 Å². The van der Waals surface area contributed by atoms with Gasteiger partial charge >= 0.3 is 5.97 Å². The fraction of sp³-hybridized carbons (Fsp3) is 0.395. The van der Waals surface area contributed by atoms with E-state index in [9.17, 15) is 24.0 Å². The van der Waals surface area contributed by atoms with Crippen LogP contribution in [0.3, 0.4) is 0 Å². The Labute approximate surface area is 284 Å². The van der Waals surface area contributed by atoms with E-state index < -0.39 is 36.5 Å². The largest absolute Gasteiger partial charge is 0.482 e. The molecule has 2 aliphatic heterocycles. The maximum atomic E-state index is 14.2. The van der Waals surface area contributed by atoms with E-state index in [1.807, 2.05) is 60.7 Å². The molecular weight excluding hydrogens is 624 g/mol. The number of carbonyl (C=O) groups excluding carboxylic acids is 4. The molecule has 0 aromatic heterocycles. The van der Waals surface area contributed by atoms with Crippen LogP contribution in [-0.2, 0) is 14.4 Å². The smallest absolute Gasteiger partial charge is 0.341 e. The van der Waals surface area contributed by atoms with E-state index in [1.165, 1.54) is 33.6 Å². The van der Waals surface area contributed by atoms with Gasteiger partial charge in [0, 0.05) is 37.0 Å². The van der Waals surface area contributed by atoms with E-state index in [0.29, 0.717) is 38.8 Å². The number of carbonyl (C=O) groups is 5. The number of carboxylic acid groups (broad SMARTS) is 1. The molecule has 2 heterocycles.